The van der Waals surface area contributed by atoms with Crippen molar-refractivity contribution in [3.05, 3.63) is 35.9 Å². The summed E-state index contributed by atoms with van der Waals surface area (Å²) in [6.45, 7) is 5.95. The van der Waals surface area contributed by atoms with E-state index in [0.717, 1.165) is 12.8 Å². The topological polar surface area (TPSA) is 188 Å². The summed E-state index contributed by atoms with van der Waals surface area (Å²) in [5, 5.41) is 5.73. The van der Waals surface area contributed by atoms with Crippen LogP contribution in [0.15, 0.2) is 30.3 Å². The second-order valence-electron chi connectivity index (χ2n) is 10.6. The summed E-state index contributed by atoms with van der Waals surface area (Å²) >= 11 is 0. The number of phosphoric acid groups is 1. The summed E-state index contributed by atoms with van der Waals surface area (Å²) in [7, 11) is -4.68. The van der Waals surface area contributed by atoms with Gasteiger partial charge in [-0.2, -0.15) is 0 Å². The van der Waals surface area contributed by atoms with Crippen LogP contribution < -0.4 is 20.9 Å². The first-order valence-electron chi connectivity index (χ1n) is 13.5. The van der Waals surface area contributed by atoms with E-state index in [0.29, 0.717) is 36.9 Å². The van der Waals surface area contributed by atoms with Crippen LogP contribution in [0.25, 0.3) is 5.57 Å². The smallest absolute Gasteiger partial charge is 0.404 e. The van der Waals surface area contributed by atoms with Crippen LogP contribution in [0.1, 0.15) is 64.9 Å². The molecule has 1 saturated heterocycles. The Morgan fingerprint density at radius 1 is 1.18 bits per heavy atom. The summed E-state index contributed by atoms with van der Waals surface area (Å²) < 4.78 is 15.5. The Morgan fingerprint density at radius 3 is 2.45 bits per heavy atom. The van der Waals surface area contributed by atoms with Gasteiger partial charge in [0, 0.05) is 25.1 Å². The zero-order valence-electron chi connectivity index (χ0n) is 23.0. The van der Waals surface area contributed by atoms with E-state index >= 15 is 0 Å². The largest absolute Gasteiger partial charge is 0.524 e. The minimum absolute atomic E-state index is 0.0101. The van der Waals surface area contributed by atoms with Crippen molar-refractivity contribution in [3.63, 3.8) is 0 Å². The summed E-state index contributed by atoms with van der Waals surface area (Å²) in [5.41, 5.74) is 6.42. The first kappa shape index (κ1) is 31.3. The number of unbranched alkanes of at least 4 members (excludes halogenated alkanes) is 1. The molecule has 0 radical (unpaired) electrons. The van der Waals surface area contributed by atoms with Crippen molar-refractivity contribution in [2.75, 3.05) is 6.54 Å². The van der Waals surface area contributed by atoms with Crippen molar-refractivity contribution in [2.45, 2.75) is 77.4 Å². The van der Waals surface area contributed by atoms with Crippen molar-refractivity contribution in [2.24, 2.45) is 17.6 Å². The monoisotopic (exact) mass is 578 g/mol. The van der Waals surface area contributed by atoms with E-state index in [9.17, 15) is 23.7 Å². The molecule has 0 aromatic heterocycles. The highest BCUT2D eigenvalue weighted by atomic mass is 31.2. The molecule has 12 nitrogen and oxygen atoms in total. The van der Waals surface area contributed by atoms with Gasteiger partial charge in [-0.05, 0) is 68.2 Å². The molecule has 2 fully saturated rings. The first-order chi connectivity index (χ1) is 18.8. The highest BCUT2D eigenvalue weighted by molar-refractivity contribution is 7.46. The number of carbonyl (C=O) groups excluding carboxylic acids is 4. The zero-order chi connectivity index (χ0) is 29.6. The fraction of sp³-hybridized carbons (Fsp3) is 0.556. The number of fused-ring (bicyclic) bond motifs is 1. The molecular formula is C27H39N4O8P. The molecule has 0 unspecified atom stereocenters. The molecule has 13 heteroatoms. The third-order valence-electron chi connectivity index (χ3n) is 7.26. The standard InChI is InChI=1S/C27H39N4O8P/c1-4-5-6-22(30-24(33)13-16(2)18-8-10-20(11-9-18)39-40(36,37)38)27(35)31-15-19-14-21(19)25(31)26(34)29-17(3)7-12-23(28)32/h8-11,13,17,19,21-22,25H,4-7,12,14-15H2,1-3H3,(H2,28,32)(H,29,34)(H,30,33)(H2,36,37,38)/b16-13+/t17-,19-,21-,22+,25+/m1/s1. The number of allylic oxidation sites excluding steroid dienone is 1. The Labute approximate surface area is 233 Å². The lowest BCUT2D eigenvalue weighted by molar-refractivity contribution is -0.142. The van der Waals surface area contributed by atoms with Crippen LogP contribution in [0.3, 0.4) is 0 Å². The average Bonchev–Trinajstić information content (AvgIpc) is 3.52. The number of nitrogens with one attached hydrogen (secondary N) is 2. The van der Waals surface area contributed by atoms with E-state index < -0.39 is 31.7 Å². The van der Waals surface area contributed by atoms with Crippen molar-refractivity contribution >= 4 is 37.0 Å². The second kappa shape index (κ2) is 13.4. The van der Waals surface area contributed by atoms with Crippen LogP contribution in [0.4, 0.5) is 0 Å². The van der Waals surface area contributed by atoms with Gasteiger partial charge in [0.15, 0.2) is 0 Å². The van der Waals surface area contributed by atoms with E-state index in [1.165, 1.54) is 18.2 Å². The molecule has 1 aromatic rings. The van der Waals surface area contributed by atoms with Gasteiger partial charge in [-0.1, -0.05) is 31.9 Å². The maximum absolute atomic E-state index is 13.6. The number of rotatable bonds is 14. The minimum atomic E-state index is -4.68. The molecule has 40 heavy (non-hydrogen) atoms. The van der Waals surface area contributed by atoms with Crippen LogP contribution in [0.5, 0.6) is 5.75 Å². The number of primary amides is 1. The second-order valence-corrected chi connectivity index (χ2v) is 11.8. The molecule has 6 N–H and O–H groups in total. The fourth-order valence-corrected chi connectivity index (χ4v) is 5.46. The third-order valence-corrected chi connectivity index (χ3v) is 7.71. The number of piperidine rings is 1. The average molecular weight is 579 g/mol. The maximum atomic E-state index is 13.6. The van der Waals surface area contributed by atoms with Crippen LogP contribution in [-0.2, 0) is 23.7 Å². The van der Waals surface area contributed by atoms with Gasteiger partial charge in [-0.25, -0.2) is 4.57 Å². The van der Waals surface area contributed by atoms with E-state index in [1.54, 1.807) is 30.9 Å². The number of nitrogens with zero attached hydrogens (tertiary/aromatic N) is 1. The van der Waals surface area contributed by atoms with Crippen molar-refractivity contribution in [3.8, 4) is 5.75 Å². The van der Waals surface area contributed by atoms with Crippen LogP contribution in [-0.4, -0.2) is 63.0 Å². The Morgan fingerprint density at radius 2 is 1.85 bits per heavy atom. The van der Waals surface area contributed by atoms with Gasteiger partial charge in [0.25, 0.3) is 0 Å². The van der Waals surface area contributed by atoms with Gasteiger partial charge >= 0.3 is 7.82 Å². The predicted octanol–water partition coefficient (Wildman–Crippen LogP) is 1.85. The molecule has 4 amide bonds. The Kier molecular flexibility index (Phi) is 10.5. The first-order valence-corrected chi connectivity index (χ1v) is 15.1. The number of phosphoric ester groups is 1. The number of nitrogens with two attached hydrogens (primary N) is 1. The maximum Gasteiger partial charge on any atom is 0.524 e. The van der Waals surface area contributed by atoms with Gasteiger partial charge in [0.2, 0.25) is 23.6 Å². The SMILES string of the molecule is CCCC[C@H](NC(=O)/C=C(\C)c1ccc(OP(=O)(O)O)cc1)C(=O)N1C[C@H]2C[C@H]2[C@H]1C(=O)N[C@H](C)CCC(N)=O. The fourth-order valence-electron chi connectivity index (χ4n) is 5.06. The van der Waals surface area contributed by atoms with Crippen LogP contribution >= 0.6 is 7.82 Å². The number of amides is 4. The molecule has 1 saturated carbocycles. The van der Waals surface area contributed by atoms with E-state index in [-0.39, 0.29) is 41.9 Å². The predicted molar refractivity (Wildman–Crippen MR) is 147 cm³/mol. The number of likely N-dealkylation sites (tertiary alicyclic amines) is 1. The van der Waals surface area contributed by atoms with Gasteiger partial charge in [0.05, 0.1) is 0 Å². The molecule has 1 heterocycles. The summed E-state index contributed by atoms with van der Waals surface area (Å²) in [6.07, 6.45) is 4.77. The number of hydrogen-bond donors (Lipinski definition) is 5. The number of benzene rings is 1. The lowest BCUT2D eigenvalue weighted by Crippen LogP contribution is -2.55. The van der Waals surface area contributed by atoms with Gasteiger partial charge in [0.1, 0.15) is 17.8 Å². The number of hydrogen-bond acceptors (Lipinski definition) is 6. The van der Waals surface area contributed by atoms with E-state index in [1.807, 2.05) is 6.92 Å². The molecular weight excluding hydrogens is 539 g/mol. The highest BCUT2D eigenvalue weighted by Crippen LogP contribution is 2.49. The van der Waals surface area contributed by atoms with E-state index in [2.05, 4.69) is 15.2 Å². The van der Waals surface area contributed by atoms with Crippen molar-refractivity contribution in [1.82, 2.24) is 15.5 Å². The Hall–Kier alpha value is -3.21. The Balaban J connectivity index is 1.67. The van der Waals surface area contributed by atoms with Crippen molar-refractivity contribution < 1.29 is 38.1 Å². The molecule has 0 bridgehead atoms. The third kappa shape index (κ3) is 8.90. The lowest BCUT2D eigenvalue weighted by atomic mass is 10.0. The zero-order valence-corrected chi connectivity index (χ0v) is 23.9. The van der Waals surface area contributed by atoms with E-state index in [4.69, 9.17) is 15.5 Å². The van der Waals surface area contributed by atoms with Gasteiger partial charge in [-0.3, -0.25) is 29.0 Å². The molecule has 5 atom stereocenters. The summed E-state index contributed by atoms with van der Waals surface area (Å²) in [5.74, 6) is -1.10. The van der Waals surface area contributed by atoms with Crippen molar-refractivity contribution in [1.29, 1.82) is 0 Å². The minimum Gasteiger partial charge on any atom is -0.404 e. The number of carbonyl (C=O) groups is 4. The molecule has 220 valence electrons. The molecule has 1 aliphatic heterocycles. The van der Waals surface area contributed by atoms with Gasteiger partial charge in [-0.15, -0.1) is 0 Å². The quantitative estimate of drug-likeness (QED) is 0.163. The van der Waals surface area contributed by atoms with Gasteiger partial charge < -0.3 is 25.8 Å². The summed E-state index contributed by atoms with van der Waals surface area (Å²) in [6, 6.07) is 4.22. The summed E-state index contributed by atoms with van der Waals surface area (Å²) in [4.78, 5) is 70.3. The molecule has 2 aliphatic rings. The Bertz CT molecular complexity index is 1180. The molecule has 0 spiro atoms. The molecule has 1 aromatic carbocycles. The molecule has 1 aliphatic carbocycles. The van der Waals surface area contributed by atoms with Crippen LogP contribution in [0, 0.1) is 11.8 Å². The lowest BCUT2D eigenvalue weighted by Gasteiger charge is -2.31. The normalized spacial score (nSPS) is 21.7. The van der Waals surface area contributed by atoms with Crippen LogP contribution in [0.2, 0.25) is 0 Å². The molecule has 3 rings (SSSR count). The highest BCUT2D eigenvalue weighted by Gasteiger charge is 2.57.